The van der Waals surface area contributed by atoms with Crippen molar-refractivity contribution in [2.24, 2.45) is 0 Å². The van der Waals surface area contributed by atoms with Crippen LogP contribution in [0.1, 0.15) is 119 Å². The van der Waals surface area contributed by atoms with Crippen molar-refractivity contribution in [3.63, 3.8) is 0 Å². The summed E-state index contributed by atoms with van der Waals surface area (Å²) in [5.41, 5.74) is 0. The minimum atomic E-state index is -2.31. The van der Waals surface area contributed by atoms with E-state index in [9.17, 15) is 0 Å². The van der Waals surface area contributed by atoms with E-state index in [-0.39, 0.29) is 0 Å². The highest BCUT2D eigenvalue weighted by Crippen LogP contribution is 2.30. The van der Waals surface area contributed by atoms with Crippen LogP contribution in [-0.4, -0.2) is 99.6 Å². The number of rotatable bonds is 33. The smallest absolute Gasteiger partial charge is 0.274 e. The summed E-state index contributed by atoms with van der Waals surface area (Å²) >= 11 is 0. The van der Waals surface area contributed by atoms with Gasteiger partial charge in [-0.3, -0.25) is 3.90 Å². The Morgan fingerprint density at radius 1 is 0.372 bits per heavy atom. The SMILES string of the molecule is CCCCN[Si](CC[SiH3])(NCCCC)N([Si](CC[SiH3])(NCCCC)NCCCC)[Si](CC[SiH3])(NCCCC)NCCCC. The lowest BCUT2D eigenvalue weighted by Crippen LogP contribution is -2.96. The normalized spacial score (nSPS) is 13.2. The van der Waals surface area contributed by atoms with Crippen LogP contribution in [0.5, 0.6) is 0 Å². The van der Waals surface area contributed by atoms with Gasteiger partial charge < -0.3 is 29.9 Å². The molecular formula is C30H81N7Si6. The average Bonchev–Trinajstić information content (AvgIpc) is 2.98. The van der Waals surface area contributed by atoms with Crippen LogP contribution in [0.2, 0.25) is 36.3 Å². The summed E-state index contributed by atoms with van der Waals surface area (Å²) in [6.07, 6.45) is 15.1. The van der Waals surface area contributed by atoms with Gasteiger partial charge in [-0.25, -0.2) is 0 Å². The molecule has 0 atom stereocenters. The fraction of sp³-hybridized carbons (Fsp3) is 1.00. The third kappa shape index (κ3) is 16.1. The molecule has 0 aliphatic rings. The van der Waals surface area contributed by atoms with Crippen LogP contribution < -0.4 is 29.9 Å². The van der Waals surface area contributed by atoms with Crippen molar-refractivity contribution < 1.29 is 0 Å². The van der Waals surface area contributed by atoms with Gasteiger partial charge in [0.25, 0.3) is 25.7 Å². The molecular weight excluding hydrogens is 627 g/mol. The van der Waals surface area contributed by atoms with Crippen molar-refractivity contribution in [2.45, 2.75) is 155 Å². The molecule has 0 heterocycles. The largest absolute Gasteiger partial charge is 0.314 e. The summed E-state index contributed by atoms with van der Waals surface area (Å²) in [6, 6.07) is 8.08. The van der Waals surface area contributed by atoms with Gasteiger partial charge in [0.05, 0.1) is 0 Å². The topological polar surface area (TPSA) is 75.4 Å². The maximum Gasteiger partial charge on any atom is 0.274 e. The Balaban J connectivity index is 7.76. The van der Waals surface area contributed by atoms with Crippen LogP contribution in [0.4, 0.5) is 0 Å². The fourth-order valence-electron chi connectivity index (χ4n) is 6.42. The highest BCUT2D eigenvalue weighted by molar-refractivity contribution is 7.02. The van der Waals surface area contributed by atoms with E-state index in [4.69, 9.17) is 0 Å². The van der Waals surface area contributed by atoms with Gasteiger partial charge in [0.2, 0.25) is 0 Å². The number of hydrogen-bond donors (Lipinski definition) is 6. The first-order valence-corrected chi connectivity index (χ1v) is 29.9. The van der Waals surface area contributed by atoms with Crippen molar-refractivity contribution in [1.82, 2.24) is 33.8 Å². The van der Waals surface area contributed by atoms with Crippen molar-refractivity contribution in [1.29, 1.82) is 0 Å². The lowest BCUT2D eigenvalue weighted by molar-refractivity contribution is 0.561. The van der Waals surface area contributed by atoms with E-state index in [1.165, 1.54) is 144 Å². The maximum atomic E-state index is 4.49. The van der Waals surface area contributed by atoms with Gasteiger partial charge in [0, 0.05) is 30.7 Å². The highest BCUT2D eigenvalue weighted by Gasteiger charge is 2.61. The van der Waals surface area contributed by atoms with Crippen LogP contribution in [0.3, 0.4) is 0 Å². The van der Waals surface area contributed by atoms with E-state index in [1.54, 1.807) is 0 Å². The van der Waals surface area contributed by atoms with Gasteiger partial charge >= 0.3 is 0 Å². The molecule has 260 valence electrons. The van der Waals surface area contributed by atoms with E-state index in [0.717, 1.165) is 39.3 Å². The number of unbranched alkanes of at least 4 members (excludes halogenated alkanes) is 6. The standard InChI is InChI=1S/C30H81N7Si6/c1-7-13-19-31-41(28-25-38,32-20-14-8-2)37(42(29-26-39,33-21-15-9-3)34-22-16-10-4)43(30-27-40,35-23-17-11-5)36-24-18-12-6/h31-36H,7-30H2,1-6,38-40H3. The highest BCUT2D eigenvalue weighted by atomic mass is 28.5. The maximum absolute atomic E-state index is 4.49. The van der Waals surface area contributed by atoms with Crippen LogP contribution in [0.15, 0.2) is 0 Å². The van der Waals surface area contributed by atoms with Crippen molar-refractivity contribution in [3.05, 3.63) is 0 Å². The van der Waals surface area contributed by atoms with Gasteiger partial charge in [-0.15, -0.1) is 0 Å². The van der Waals surface area contributed by atoms with E-state index in [2.05, 4.69) is 75.3 Å². The van der Waals surface area contributed by atoms with Crippen LogP contribution in [-0.2, 0) is 0 Å². The minimum absolute atomic E-state index is 1.14. The first kappa shape index (κ1) is 44.0. The summed E-state index contributed by atoms with van der Waals surface area (Å²) < 4.78 is 3.36. The molecule has 0 unspecified atom stereocenters. The predicted molar refractivity (Wildman–Crippen MR) is 215 cm³/mol. The molecule has 0 bridgehead atoms. The Morgan fingerprint density at radius 3 is 0.698 bits per heavy atom. The monoisotopic (exact) mass is 708 g/mol. The molecule has 0 aromatic rings. The van der Waals surface area contributed by atoms with Crippen molar-refractivity contribution in [2.75, 3.05) is 39.3 Å². The van der Waals surface area contributed by atoms with E-state index >= 15 is 0 Å². The number of nitrogens with one attached hydrogen (secondary N) is 6. The second-order valence-electron chi connectivity index (χ2n) is 12.8. The van der Waals surface area contributed by atoms with Gasteiger partial charge in [-0.05, 0) is 95.9 Å². The predicted octanol–water partition coefficient (Wildman–Crippen LogP) is 2.79. The average molecular weight is 709 g/mol. The summed E-state index contributed by atoms with van der Waals surface area (Å²) in [4.78, 5) is 26.9. The molecule has 6 N–H and O–H groups in total. The van der Waals surface area contributed by atoms with E-state index in [1.807, 2.05) is 0 Å². The fourth-order valence-corrected chi connectivity index (χ4v) is 34.4. The van der Waals surface area contributed by atoms with Crippen LogP contribution >= 0.6 is 0 Å². The first-order valence-electron chi connectivity index (χ1n) is 19.2. The Kier molecular flexibility index (Phi) is 28.7. The molecule has 0 aromatic carbocycles. The Bertz CT molecular complexity index is 513. The molecule has 7 nitrogen and oxygen atoms in total. The van der Waals surface area contributed by atoms with E-state index < -0.39 is 25.7 Å². The molecule has 0 aromatic heterocycles. The van der Waals surface area contributed by atoms with Crippen LogP contribution in [0, 0.1) is 0 Å². The summed E-state index contributed by atoms with van der Waals surface area (Å²) in [6.45, 7) is 21.0. The molecule has 0 aliphatic carbocycles. The molecule has 43 heavy (non-hydrogen) atoms. The van der Waals surface area contributed by atoms with Crippen molar-refractivity contribution >= 4 is 56.4 Å². The summed E-state index contributed by atoms with van der Waals surface area (Å²) in [5.74, 6) is 0. The van der Waals surface area contributed by atoms with Gasteiger partial charge in [0.15, 0.2) is 0 Å². The minimum Gasteiger partial charge on any atom is -0.314 e. The zero-order valence-electron chi connectivity index (χ0n) is 30.9. The molecule has 13 heteroatoms. The molecule has 0 rings (SSSR count). The molecule has 0 saturated heterocycles. The second-order valence-corrected chi connectivity index (χ2v) is 27.3. The lowest BCUT2D eigenvalue weighted by atomic mass is 10.3. The van der Waals surface area contributed by atoms with Crippen molar-refractivity contribution in [3.8, 4) is 0 Å². The Labute approximate surface area is 283 Å². The second kappa shape index (κ2) is 28.1. The molecule has 0 amide bonds. The third-order valence-corrected chi connectivity index (χ3v) is 31.0. The summed E-state index contributed by atoms with van der Waals surface area (Å²) in [5, 5.41) is 0. The first-order chi connectivity index (χ1) is 20.9. The van der Waals surface area contributed by atoms with E-state index in [0.29, 0.717) is 0 Å². The van der Waals surface area contributed by atoms with Crippen LogP contribution in [0.25, 0.3) is 0 Å². The molecule has 0 saturated carbocycles. The van der Waals surface area contributed by atoms with Gasteiger partial charge in [-0.2, -0.15) is 0 Å². The Hall–Kier alpha value is 1.02. The third-order valence-electron chi connectivity index (χ3n) is 8.67. The molecule has 0 radical (unpaired) electrons. The summed E-state index contributed by atoms with van der Waals surface area (Å²) in [7, 11) is -3.13. The molecule has 0 spiro atoms. The zero-order valence-corrected chi connectivity index (χ0v) is 39.9. The molecule has 0 fully saturated rings. The number of hydrogen-bond acceptors (Lipinski definition) is 7. The van der Waals surface area contributed by atoms with Gasteiger partial charge in [0.1, 0.15) is 0 Å². The Morgan fingerprint density at radius 2 is 0.558 bits per heavy atom. The zero-order chi connectivity index (χ0) is 32.3. The quantitative estimate of drug-likeness (QED) is 0.0463. The van der Waals surface area contributed by atoms with Gasteiger partial charge in [-0.1, -0.05) is 98.2 Å². The molecule has 0 aliphatic heterocycles. The lowest BCUT2D eigenvalue weighted by Gasteiger charge is -2.60. The number of nitrogens with zero attached hydrogens (tertiary/aromatic N) is 1.